The maximum atomic E-state index is 12.0. The summed E-state index contributed by atoms with van der Waals surface area (Å²) in [6.45, 7) is 1.90. The fourth-order valence-electron chi connectivity index (χ4n) is 1.51. The van der Waals surface area contributed by atoms with Gasteiger partial charge < -0.3 is 5.32 Å². The normalized spacial score (nSPS) is 10.2. The quantitative estimate of drug-likeness (QED) is 0.858. The molecule has 0 saturated heterocycles. The lowest BCUT2D eigenvalue weighted by atomic mass is 10.2. The molecular weight excluding hydrogens is 269 g/mol. The fraction of sp³-hybridized carbons (Fsp3) is 0.0714. The Hall–Kier alpha value is -1.51. The zero-order chi connectivity index (χ0) is 13.1. The van der Waals surface area contributed by atoms with Gasteiger partial charge in [0.1, 0.15) is 0 Å². The Morgan fingerprint density at radius 2 is 1.78 bits per heavy atom. The second-order valence-corrected chi connectivity index (χ2v) is 4.71. The smallest absolute Gasteiger partial charge is 0.257 e. The SMILES string of the molecule is Cc1ccc(NC(=O)c2ccccc2Cl)cc1Cl. The van der Waals surface area contributed by atoms with Crippen LogP contribution in [0.3, 0.4) is 0 Å². The lowest BCUT2D eigenvalue weighted by Crippen LogP contribution is -2.12. The second-order valence-electron chi connectivity index (χ2n) is 3.90. The number of rotatable bonds is 2. The van der Waals surface area contributed by atoms with Gasteiger partial charge in [-0.15, -0.1) is 0 Å². The van der Waals surface area contributed by atoms with Crippen LogP contribution in [-0.2, 0) is 0 Å². The van der Waals surface area contributed by atoms with Gasteiger partial charge >= 0.3 is 0 Å². The van der Waals surface area contributed by atoms with E-state index in [2.05, 4.69) is 5.32 Å². The van der Waals surface area contributed by atoms with Crippen molar-refractivity contribution in [3.63, 3.8) is 0 Å². The molecule has 18 heavy (non-hydrogen) atoms. The summed E-state index contributed by atoms with van der Waals surface area (Å²) in [6.07, 6.45) is 0. The Kier molecular flexibility index (Phi) is 3.90. The second kappa shape index (κ2) is 5.42. The Morgan fingerprint density at radius 3 is 2.44 bits per heavy atom. The van der Waals surface area contributed by atoms with Crippen molar-refractivity contribution in [2.75, 3.05) is 5.32 Å². The summed E-state index contributed by atoms with van der Waals surface area (Å²) in [7, 11) is 0. The van der Waals surface area contributed by atoms with Gasteiger partial charge in [-0.2, -0.15) is 0 Å². The third kappa shape index (κ3) is 2.84. The van der Waals surface area contributed by atoms with Gasteiger partial charge in [-0.1, -0.05) is 41.4 Å². The average molecular weight is 280 g/mol. The third-order valence-electron chi connectivity index (χ3n) is 2.55. The van der Waals surface area contributed by atoms with Crippen molar-refractivity contribution < 1.29 is 4.79 Å². The molecule has 0 aromatic heterocycles. The molecule has 0 saturated carbocycles. The molecular formula is C14H11Cl2NO. The minimum absolute atomic E-state index is 0.250. The molecule has 0 aliphatic rings. The standard InChI is InChI=1S/C14H11Cl2NO/c1-9-6-7-10(8-13(9)16)17-14(18)11-4-2-3-5-12(11)15/h2-8H,1H3,(H,17,18). The number of hydrogen-bond acceptors (Lipinski definition) is 1. The Balaban J connectivity index is 2.22. The summed E-state index contributed by atoms with van der Waals surface area (Å²) in [5.74, 6) is -0.250. The summed E-state index contributed by atoms with van der Waals surface area (Å²) < 4.78 is 0. The molecule has 2 rings (SSSR count). The molecule has 2 aromatic carbocycles. The predicted octanol–water partition coefficient (Wildman–Crippen LogP) is 4.55. The molecule has 0 bridgehead atoms. The number of aryl methyl sites for hydroxylation is 1. The highest BCUT2D eigenvalue weighted by molar-refractivity contribution is 6.34. The molecule has 2 aromatic rings. The highest BCUT2D eigenvalue weighted by atomic mass is 35.5. The van der Waals surface area contributed by atoms with Crippen molar-refractivity contribution in [3.05, 3.63) is 63.6 Å². The first-order valence-corrected chi connectivity index (χ1v) is 6.15. The van der Waals surface area contributed by atoms with Crippen LogP contribution in [0.5, 0.6) is 0 Å². The molecule has 0 aliphatic heterocycles. The number of amides is 1. The Labute approximate surface area is 116 Å². The van der Waals surface area contributed by atoms with Crippen molar-refractivity contribution in [1.29, 1.82) is 0 Å². The lowest BCUT2D eigenvalue weighted by Gasteiger charge is -2.07. The molecule has 2 nitrogen and oxygen atoms in total. The zero-order valence-electron chi connectivity index (χ0n) is 9.71. The van der Waals surface area contributed by atoms with Crippen LogP contribution in [0.15, 0.2) is 42.5 Å². The summed E-state index contributed by atoms with van der Waals surface area (Å²) >= 11 is 12.0. The van der Waals surface area contributed by atoms with Crippen molar-refractivity contribution in [1.82, 2.24) is 0 Å². The van der Waals surface area contributed by atoms with Crippen LogP contribution < -0.4 is 5.32 Å². The van der Waals surface area contributed by atoms with E-state index in [0.29, 0.717) is 21.3 Å². The first-order chi connectivity index (χ1) is 8.58. The highest BCUT2D eigenvalue weighted by Crippen LogP contribution is 2.21. The van der Waals surface area contributed by atoms with Crippen molar-refractivity contribution in [3.8, 4) is 0 Å². The van der Waals surface area contributed by atoms with Crippen LogP contribution in [0, 0.1) is 6.92 Å². The van der Waals surface area contributed by atoms with Gasteiger partial charge in [0.25, 0.3) is 5.91 Å². The number of carbonyl (C=O) groups excluding carboxylic acids is 1. The maximum absolute atomic E-state index is 12.0. The monoisotopic (exact) mass is 279 g/mol. The summed E-state index contributed by atoms with van der Waals surface area (Å²) in [4.78, 5) is 12.0. The molecule has 0 unspecified atom stereocenters. The van der Waals surface area contributed by atoms with E-state index in [4.69, 9.17) is 23.2 Å². The lowest BCUT2D eigenvalue weighted by molar-refractivity contribution is 0.102. The van der Waals surface area contributed by atoms with E-state index >= 15 is 0 Å². The third-order valence-corrected chi connectivity index (χ3v) is 3.28. The summed E-state index contributed by atoms with van der Waals surface area (Å²) in [5, 5.41) is 3.80. The first-order valence-electron chi connectivity index (χ1n) is 5.40. The van der Waals surface area contributed by atoms with Gasteiger partial charge in [-0.05, 0) is 36.8 Å². The number of carbonyl (C=O) groups is 1. The van der Waals surface area contributed by atoms with E-state index in [9.17, 15) is 4.79 Å². The zero-order valence-corrected chi connectivity index (χ0v) is 11.2. The van der Waals surface area contributed by atoms with Gasteiger partial charge in [0.15, 0.2) is 0 Å². The molecule has 1 N–H and O–H groups in total. The van der Waals surface area contributed by atoms with E-state index in [1.165, 1.54) is 0 Å². The van der Waals surface area contributed by atoms with Crippen LogP contribution in [0.25, 0.3) is 0 Å². The molecule has 0 atom stereocenters. The van der Waals surface area contributed by atoms with Crippen molar-refractivity contribution in [2.45, 2.75) is 6.92 Å². The molecule has 0 heterocycles. The van der Waals surface area contributed by atoms with E-state index in [0.717, 1.165) is 5.56 Å². The maximum Gasteiger partial charge on any atom is 0.257 e. The van der Waals surface area contributed by atoms with Crippen LogP contribution in [-0.4, -0.2) is 5.91 Å². The van der Waals surface area contributed by atoms with Crippen molar-refractivity contribution in [2.24, 2.45) is 0 Å². The fourth-order valence-corrected chi connectivity index (χ4v) is 1.92. The largest absolute Gasteiger partial charge is 0.322 e. The summed E-state index contributed by atoms with van der Waals surface area (Å²) in [6, 6.07) is 12.3. The Bertz CT molecular complexity index is 596. The topological polar surface area (TPSA) is 29.1 Å². The predicted molar refractivity (Wildman–Crippen MR) is 75.6 cm³/mol. The van der Waals surface area contributed by atoms with Gasteiger partial charge in [0, 0.05) is 10.7 Å². The van der Waals surface area contributed by atoms with Gasteiger partial charge in [0.2, 0.25) is 0 Å². The van der Waals surface area contributed by atoms with Gasteiger partial charge in [-0.3, -0.25) is 4.79 Å². The van der Waals surface area contributed by atoms with Crippen LogP contribution in [0.2, 0.25) is 10.0 Å². The minimum Gasteiger partial charge on any atom is -0.322 e. The van der Waals surface area contributed by atoms with Crippen LogP contribution in [0.1, 0.15) is 15.9 Å². The van der Waals surface area contributed by atoms with E-state index in [-0.39, 0.29) is 5.91 Å². The number of halogens is 2. The highest BCUT2D eigenvalue weighted by Gasteiger charge is 2.10. The Morgan fingerprint density at radius 1 is 1.06 bits per heavy atom. The molecule has 92 valence electrons. The number of anilines is 1. The molecule has 4 heteroatoms. The van der Waals surface area contributed by atoms with Crippen LogP contribution in [0.4, 0.5) is 5.69 Å². The van der Waals surface area contributed by atoms with E-state index in [1.807, 2.05) is 13.0 Å². The van der Waals surface area contributed by atoms with E-state index < -0.39 is 0 Å². The number of hydrogen-bond donors (Lipinski definition) is 1. The first kappa shape index (κ1) is 12.9. The van der Waals surface area contributed by atoms with Gasteiger partial charge in [-0.25, -0.2) is 0 Å². The summed E-state index contributed by atoms with van der Waals surface area (Å²) in [5.41, 5.74) is 2.05. The molecule has 1 amide bonds. The molecule has 0 fully saturated rings. The van der Waals surface area contributed by atoms with Gasteiger partial charge in [0.05, 0.1) is 10.6 Å². The van der Waals surface area contributed by atoms with E-state index in [1.54, 1.807) is 36.4 Å². The average Bonchev–Trinajstić information content (AvgIpc) is 2.34. The number of nitrogens with one attached hydrogen (secondary N) is 1. The molecule has 0 aliphatic carbocycles. The minimum atomic E-state index is -0.250. The molecule has 0 radical (unpaired) electrons. The number of benzene rings is 2. The van der Waals surface area contributed by atoms with Crippen LogP contribution >= 0.6 is 23.2 Å². The molecule has 0 spiro atoms. The van der Waals surface area contributed by atoms with Crippen molar-refractivity contribution >= 4 is 34.8 Å².